The quantitative estimate of drug-likeness (QED) is 0.815. The van der Waals surface area contributed by atoms with Crippen LogP contribution in [-0.4, -0.2) is 30.6 Å². The van der Waals surface area contributed by atoms with Gasteiger partial charge in [-0.25, -0.2) is 0 Å². The Hall–Kier alpha value is -0.0800. The Morgan fingerprint density at radius 2 is 1.72 bits per heavy atom. The molecule has 0 bridgehead atoms. The van der Waals surface area contributed by atoms with Gasteiger partial charge in [-0.2, -0.15) is 0 Å². The fraction of sp³-hybridized carbons (Fsp3) is 1.00. The molecule has 0 saturated heterocycles. The predicted octanol–water partition coefficient (Wildman–Crippen LogP) is 3.36. The summed E-state index contributed by atoms with van der Waals surface area (Å²) in [7, 11) is 2.26. The molecule has 1 rings (SSSR count). The zero-order valence-electron chi connectivity index (χ0n) is 13.3. The van der Waals surface area contributed by atoms with Gasteiger partial charge in [0.05, 0.1) is 0 Å². The molecule has 2 nitrogen and oxygen atoms in total. The summed E-state index contributed by atoms with van der Waals surface area (Å²) in [6, 6.07) is 1.07. The van der Waals surface area contributed by atoms with Gasteiger partial charge < -0.3 is 10.6 Å². The van der Waals surface area contributed by atoms with Crippen molar-refractivity contribution in [3.05, 3.63) is 0 Å². The molecule has 0 amide bonds. The minimum Gasteiger partial charge on any atom is -0.327 e. The Labute approximate surface area is 114 Å². The van der Waals surface area contributed by atoms with E-state index >= 15 is 0 Å². The van der Waals surface area contributed by atoms with E-state index < -0.39 is 0 Å². The molecule has 0 spiro atoms. The third-order valence-electron chi connectivity index (χ3n) is 5.21. The van der Waals surface area contributed by atoms with Crippen molar-refractivity contribution in [1.82, 2.24) is 4.90 Å². The summed E-state index contributed by atoms with van der Waals surface area (Å²) in [6.07, 6.45) is 3.88. The monoisotopic (exact) mass is 254 g/mol. The van der Waals surface area contributed by atoms with Crippen LogP contribution in [-0.2, 0) is 0 Å². The highest BCUT2D eigenvalue weighted by atomic mass is 15.1. The summed E-state index contributed by atoms with van der Waals surface area (Å²) >= 11 is 0. The molecule has 1 aliphatic carbocycles. The average Bonchev–Trinajstić information content (AvgIpc) is 2.30. The Morgan fingerprint density at radius 1 is 1.11 bits per heavy atom. The lowest BCUT2D eigenvalue weighted by molar-refractivity contribution is 0.118. The Kier molecular flexibility index (Phi) is 6.13. The number of nitrogens with two attached hydrogens (primary N) is 1. The Balaban J connectivity index is 2.53. The molecule has 2 heteroatoms. The largest absolute Gasteiger partial charge is 0.327 e. The molecule has 0 aromatic carbocycles. The number of nitrogens with zero attached hydrogens (tertiary/aromatic N) is 1. The molecule has 4 unspecified atom stereocenters. The van der Waals surface area contributed by atoms with E-state index in [-0.39, 0.29) is 0 Å². The SMILES string of the molecule is CC(C)C1CCC(N)C(CN(C)C(C)C(C)C)C1. The molecule has 1 saturated carbocycles. The average molecular weight is 254 g/mol. The van der Waals surface area contributed by atoms with Crippen LogP contribution in [0.2, 0.25) is 0 Å². The zero-order valence-corrected chi connectivity index (χ0v) is 13.3. The van der Waals surface area contributed by atoms with Crippen LogP contribution < -0.4 is 5.73 Å². The highest BCUT2D eigenvalue weighted by Gasteiger charge is 2.31. The van der Waals surface area contributed by atoms with Gasteiger partial charge in [-0.05, 0) is 56.9 Å². The topological polar surface area (TPSA) is 29.3 Å². The Bertz CT molecular complexity index is 237. The van der Waals surface area contributed by atoms with Crippen LogP contribution in [0, 0.1) is 23.7 Å². The fourth-order valence-electron chi connectivity index (χ4n) is 3.18. The molecule has 1 fully saturated rings. The van der Waals surface area contributed by atoms with Crippen LogP contribution in [0.25, 0.3) is 0 Å². The van der Waals surface area contributed by atoms with Crippen molar-refractivity contribution in [3.63, 3.8) is 0 Å². The summed E-state index contributed by atoms with van der Waals surface area (Å²) in [5.41, 5.74) is 6.34. The summed E-state index contributed by atoms with van der Waals surface area (Å²) in [6.45, 7) is 12.8. The fourth-order valence-corrected chi connectivity index (χ4v) is 3.18. The van der Waals surface area contributed by atoms with E-state index in [1.165, 1.54) is 25.8 Å². The molecule has 108 valence electrons. The minimum absolute atomic E-state index is 0.418. The van der Waals surface area contributed by atoms with Gasteiger partial charge in [-0.3, -0.25) is 0 Å². The maximum Gasteiger partial charge on any atom is 0.00870 e. The van der Waals surface area contributed by atoms with Crippen LogP contribution >= 0.6 is 0 Å². The first-order chi connectivity index (χ1) is 8.32. The molecule has 0 aromatic rings. The summed E-state index contributed by atoms with van der Waals surface area (Å²) in [4.78, 5) is 2.51. The van der Waals surface area contributed by atoms with Gasteiger partial charge in [0.15, 0.2) is 0 Å². The number of hydrogen-bond donors (Lipinski definition) is 1. The van der Waals surface area contributed by atoms with Crippen molar-refractivity contribution in [2.24, 2.45) is 29.4 Å². The molecule has 0 aliphatic heterocycles. The van der Waals surface area contributed by atoms with Gasteiger partial charge in [0.2, 0.25) is 0 Å². The van der Waals surface area contributed by atoms with Gasteiger partial charge in [0.25, 0.3) is 0 Å². The van der Waals surface area contributed by atoms with Crippen LogP contribution in [0.1, 0.15) is 53.9 Å². The second-order valence-electron chi connectivity index (χ2n) is 7.17. The summed E-state index contributed by atoms with van der Waals surface area (Å²) in [5.74, 6) is 3.11. The highest BCUT2D eigenvalue weighted by Crippen LogP contribution is 2.33. The van der Waals surface area contributed by atoms with E-state index in [9.17, 15) is 0 Å². The molecule has 0 radical (unpaired) electrons. The van der Waals surface area contributed by atoms with Crippen molar-refractivity contribution in [2.45, 2.75) is 66.0 Å². The van der Waals surface area contributed by atoms with Crippen LogP contribution in [0.15, 0.2) is 0 Å². The molecule has 0 heterocycles. The lowest BCUT2D eigenvalue weighted by atomic mass is 9.73. The first-order valence-corrected chi connectivity index (χ1v) is 7.78. The van der Waals surface area contributed by atoms with E-state index in [1.807, 2.05) is 0 Å². The maximum atomic E-state index is 6.34. The lowest BCUT2D eigenvalue weighted by Gasteiger charge is -2.39. The van der Waals surface area contributed by atoms with Crippen LogP contribution in [0.5, 0.6) is 0 Å². The van der Waals surface area contributed by atoms with E-state index in [0.29, 0.717) is 18.0 Å². The lowest BCUT2D eigenvalue weighted by Crippen LogP contribution is -2.45. The Morgan fingerprint density at radius 3 is 2.22 bits per heavy atom. The first-order valence-electron chi connectivity index (χ1n) is 7.78. The molecule has 1 aliphatic rings. The first kappa shape index (κ1) is 16.0. The van der Waals surface area contributed by atoms with Gasteiger partial charge in [0, 0.05) is 18.6 Å². The third-order valence-corrected chi connectivity index (χ3v) is 5.21. The normalized spacial score (nSPS) is 31.3. The van der Waals surface area contributed by atoms with Gasteiger partial charge in [-0.1, -0.05) is 27.7 Å². The van der Waals surface area contributed by atoms with Crippen LogP contribution in [0.3, 0.4) is 0 Å². The molecular weight excluding hydrogens is 220 g/mol. The molecule has 18 heavy (non-hydrogen) atoms. The van der Waals surface area contributed by atoms with Crippen molar-refractivity contribution in [3.8, 4) is 0 Å². The summed E-state index contributed by atoms with van der Waals surface area (Å²) in [5, 5.41) is 0. The number of hydrogen-bond acceptors (Lipinski definition) is 2. The van der Waals surface area contributed by atoms with Crippen molar-refractivity contribution < 1.29 is 0 Å². The smallest absolute Gasteiger partial charge is 0.00870 e. The van der Waals surface area contributed by atoms with E-state index in [0.717, 1.165) is 17.8 Å². The second-order valence-corrected chi connectivity index (χ2v) is 7.17. The van der Waals surface area contributed by atoms with Crippen LogP contribution in [0.4, 0.5) is 0 Å². The van der Waals surface area contributed by atoms with E-state index in [2.05, 4.69) is 46.6 Å². The van der Waals surface area contributed by atoms with Gasteiger partial charge in [-0.15, -0.1) is 0 Å². The predicted molar refractivity (Wildman–Crippen MR) is 80.6 cm³/mol. The van der Waals surface area contributed by atoms with E-state index in [1.54, 1.807) is 0 Å². The zero-order chi connectivity index (χ0) is 13.9. The molecule has 0 aromatic heterocycles. The minimum atomic E-state index is 0.418. The standard InChI is InChI=1S/C16H34N2/c1-11(2)13(5)18(6)10-15-9-14(12(3)4)7-8-16(15)17/h11-16H,7-10,17H2,1-6H3. The summed E-state index contributed by atoms with van der Waals surface area (Å²) < 4.78 is 0. The second kappa shape index (κ2) is 6.91. The molecule has 2 N–H and O–H groups in total. The number of rotatable bonds is 5. The highest BCUT2D eigenvalue weighted by molar-refractivity contribution is 4.86. The van der Waals surface area contributed by atoms with Gasteiger partial charge >= 0.3 is 0 Å². The van der Waals surface area contributed by atoms with Crippen molar-refractivity contribution >= 4 is 0 Å². The molecule has 4 atom stereocenters. The molecular formula is C16H34N2. The van der Waals surface area contributed by atoms with Crippen molar-refractivity contribution in [1.29, 1.82) is 0 Å². The third kappa shape index (κ3) is 4.24. The van der Waals surface area contributed by atoms with E-state index in [4.69, 9.17) is 5.73 Å². The maximum absolute atomic E-state index is 6.34. The van der Waals surface area contributed by atoms with Gasteiger partial charge in [0.1, 0.15) is 0 Å². The van der Waals surface area contributed by atoms with Crippen molar-refractivity contribution in [2.75, 3.05) is 13.6 Å².